The zero-order valence-corrected chi connectivity index (χ0v) is 18.2. The molecule has 0 spiro atoms. The van der Waals surface area contributed by atoms with E-state index in [1.807, 2.05) is 27.7 Å². The van der Waals surface area contributed by atoms with Crippen molar-refractivity contribution in [2.45, 2.75) is 58.6 Å². The molecule has 0 aromatic heterocycles. The lowest BCUT2D eigenvalue weighted by atomic mass is 10.1. The number of nitrogens with two attached hydrogens (primary N) is 1. The summed E-state index contributed by atoms with van der Waals surface area (Å²) < 4.78 is 10.7. The highest BCUT2D eigenvalue weighted by Crippen LogP contribution is 2.30. The van der Waals surface area contributed by atoms with E-state index in [1.165, 1.54) is 7.11 Å². The molecule has 0 heterocycles. The maximum absolute atomic E-state index is 12.0. The normalized spacial score (nSPS) is 12.2. The molecule has 0 radical (unpaired) electrons. The molecule has 1 aromatic rings. The maximum atomic E-state index is 12.0. The molecule has 1 amide bonds. The number of carbonyl (C=O) groups is 2. The van der Waals surface area contributed by atoms with E-state index < -0.39 is 17.7 Å². The molecule has 4 N–H and O–H groups in total. The third-order valence-electron chi connectivity index (χ3n) is 3.66. The van der Waals surface area contributed by atoms with Gasteiger partial charge in [0.25, 0.3) is 0 Å². The molecule has 0 saturated carbocycles. The number of benzene rings is 1. The lowest BCUT2D eigenvalue weighted by Crippen LogP contribution is -2.33. The second-order valence-electron chi connectivity index (χ2n) is 7.38. The Hall–Kier alpha value is -1.96. The Balaban J connectivity index is 2.48. The van der Waals surface area contributed by atoms with Gasteiger partial charge in [0.1, 0.15) is 5.60 Å². The van der Waals surface area contributed by atoms with Crippen LogP contribution in [0.25, 0.3) is 0 Å². The molecule has 8 heteroatoms. The number of alkyl carbamates (subject to hydrolysis) is 1. The van der Waals surface area contributed by atoms with Gasteiger partial charge in [-0.2, -0.15) is 0 Å². The fourth-order valence-corrected chi connectivity index (χ4v) is 2.93. The molecule has 1 atom stereocenters. The number of halogens is 1. The van der Waals surface area contributed by atoms with Crippen molar-refractivity contribution >= 4 is 39.4 Å². The SMILES string of the molecule is COC(=O)c1cc(Br)cc(N)c1N[C@@H](C)CCCCNC(=O)OC(C)(C)C. The lowest BCUT2D eigenvalue weighted by Gasteiger charge is -2.20. The largest absolute Gasteiger partial charge is 0.465 e. The van der Waals surface area contributed by atoms with Gasteiger partial charge >= 0.3 is 12.1 Å². The Labute approximate surface area is 169 Å². The van der Waals surface area contributed by atoms with Crippen LogP contribution in [0.1, 0.15) is 57.3 Å². The Bertz CT molecular complexity index is 659. The third-order valence-corrected chi connectivity index (χ3v) is 4.12. The van der Waals surface area contributed by atoms with Crippen LogP contribution in [0.3, 0.4) is 0 Å². The van der Waals surface area contributed by atoms with Crippen molar-refractivity contribution in [2.24, 2.45) is 0 Å². The van der Waals surface area contributed by atoms with Crippen LogP contribution in [0.2, 0.25) is 0 Å². The maximum Gasteiger partial charge on any atom is 0.407 e. The minimum atomic E-state index is -0.496. The zero-order valence-electron chi connectivity index (χ0n) is 16.6. The van der Waals surface area contributed by atoms with Crippen molar-refractivity contribution in [1.82, 2.24) is 5.32 Å². The van der Waals surface area contributed by atoms with Gasteiger partial charge in [0.05, 0.1) is 24.0 Å². The van der Waals surface area contributed by atoms with Crippen molar-refractivity contribution in [3.63, 3.8) is 0 Å². The third kappa shape index (κ3) is 8.51. The molecular formula is C19H30BrN3O4. The van der Waals surface area contributed by atoms with Crippen LogP contribution in [0.5, 0.6) is 0 Å². The van der Waals surface area contributed by atoms with Gasteiger partial charge in [-0.1, -0.05) is 15.9 Å². The van der Waals surface area contributed by atoms with Gasteiger partial charge in [0, 0.05) is 17.1 Å². The van der Waals surface area contributed by atoms with E-state index in [0.29, 0.717) is 28.0 Å². The first-order valence-electron chi connectivity index (χ1n) is 8.94. The summed E-state index contributed by atoms with van der Waals surface area (Å²) in [5.41, 5.74) is 7.01. The molecule has 1 rings (SSSR count). The van der Waals surface area contributed by atoms with E-state index in [1.54, 1.807) is 12.1 Å². The smallest absolute Gasteiger partial charge is 0.407 e. The number of rotatable bonds is 8. The molecular weight excluding hydrogens is 414 g/mol. The van der Waals surface area contributed by atoms with E-state index in [9.17, 15) is 9.59 Å². The van der Waals surface area contributed by atoms with Gasteiger partial charge in [-0.05, 0) is 59.1 Å². The number of hydrogen-bond donors (Lipinski definition) is 3. The van der Waals surface area contributed by atoms with Gasteiger partial charge in [0.15, 0.2) is 0 Å². The predicted octanol–water partition coefficient (Wildman–Crippen LogP) is 4.31. The highest BCUT2D eigenvalue weighted by Gasteiger charge is 2.18. The minimum absolute atomic E-state index is 0.0957. The fourth-order valence-electron chi connectivity index (χ4n) is 2.46. The summed E-state index contributed by atoms with van der Waals surface area (Å²) in [6, 6.07) is 3.52. The number of esters is 1. The van der Waals surface area contributed by atoms with Crippen LogP contribution in [-0.4, -0.2) is 37.4 Å². The van der Waals surface area contributed by atoms with Gasteiger partial charge < -0.3 is 25.8 Å². The van der Waals surface area contributed by atoms with E-state index in [-0.39, 0.29) is 6.04 Å². The highest BCUT2D eigenvalue weighted by molar-refractivity contribution is 9.10. The molecule has 0 unspecified atom stereocenters. The van der Waals surface area contributed by atoms with Gasteiger partial charge in [-0.15, -0.1) is 0 Å². The van der Waals surface area contributed by atoms with E-state index in [4.69, 9.17) is 15.2 Å². The summed E-state index contributed by atoms with van der Waals surface area (Å²) in [5, 5.41) is 6.03. The number of nitrogen functional groups attached to an aromatic ring is 1. The second kappa shape index (κ2) is 10.4. The van der Waals surface area contributed by atoms with Gasteiger partial charge in [-0.3, -0.25) is 0 Å². The van der Waals surface area contributed by atoms with Crippen LogP contribution in [0, 0.1) is 0 Å². The summed E-state index contributed by atoms with van der Waals surface area (Å²) in [4.78, 5) is 23.6. The number of methoxy groups -OCH3 is 1. The van der Waals surface area contributed by atoms with E-state index in [0.717, 1.165) is 19.3 Å². The predicted molar refractivity (Wildman–Crippen MR) is 111 cm³/mol. The molecule has 7 nitrogen and oxygen atoms in total. The number of carbonyl (C=O) groups excluding carboxylic acids is 2. The van der Waals surface area contributed by atoms with E-state index in [2.05, 4.69) is 26.6 Å². The van der Waals surface area contributed by atoms with Crippen molar-refractivity contribution in [1.29, 1.82) is 0 Å². The average Bonchev–Trinajstić information content (AvgIpc) is 2.54. The first-order chi connectivity index (χ1) is 12.5. The molecule has 0 aliphatic carbocycles. The average molecular weight is 444 g/mol. The molecule has 0 aliphatic rings. The molecule has 0 fully saturated rings. The van der Waals surface area contributed by atoms with Crippen LogP contribution in [0.4, 0.5) is 16.2 Å². The summed E-state index contributed by atoms with van der Waals surface area (Å²) in [6.45, 7) is 8.06. The van der Waals surface area contributed by atoms with Crippen molar-refractivity contribution in [3.05, 3.63) is 22.2 Å². The van der Waals surface area contributed by atoms with Crippen molar-refractivity contribution < 1.29 is 19.1 Å². The van der Waals surface area contributed by atoms with Gasteiger partial charge in [-0.25, -0.2) is 9.59 Å². The van der Waals surface area contributed by atoms with Crippen LogP contribution in [0.15, 0.2) is 16.6 Å². The number of hydrogen-bond acceptors (Lipinski definition) is 6. The van der Waals surface area contributed by atoms with Crippen LogP contribution < -0.4 is 16.4 Å². The number of amides is 1. The molecule has 152 valence electrons. The molecule has 27 heavy (non-hydrogen) atoms. The Kier molecular flexibility index (Phi) is 8.88. The number of ether oxygens (including phenoxy) is 2. The molecule has 1 aromatic carbocycles. The summed E-state index contributed by atoms with van der Waals surface area (Å²) in [7, 11) is 1.34. The van der Waals surface area contributed by atoms with E-state index >= 15 is 0 Å². The number of anilines is 2. The quantitative estimate of drug-likeness (QED) is 0.314. The highest BCUT2D eigenvalue weighted by atomic mass is 79.9. The summed E-state index contributed by atoms with van der Waals surface area (Å²) in [5.74, 6) is -0.445. The Morgan fingerprint density at radius 2 is 1.93 bits per heavy atom. The van der Waals surface area contributed by atoms with Crippen molar-refractivity contribution in [3.8, 4) is 0 Å². The molecule has 0 saturated heterocycles. The van der Waals surface area contributed by atoms with Crippen LogP contribution >= 0.6 is 15.9 Å². The zero-order chi connectivity index (χ0) is 20.6. The first kappa shape index (κ1) is 23.1. The standard InChI is InChI=1S/C19H30BrN3O4/c1-12(8-6-7-9-22-18(25)27-19(2,3)4)23-16-14(17(24)26-5)10-13(20)11-15(16)21/h10-12,23H,6-9,21H2,1-5H3,(H,22,25)/t12-/m0/s1. The fraction of sp³-hybridized carbons (Fsp3) is 0.579. The Morgan fingerprint density at radius 3 is 2.52 bits per heavy atom. The topological polar surface area (TPSA) is 103 Å². The first-order valence-corrected chi connectivity index (χ1v) is 9.73. The van der Waals surface area contributed by atoms with Crippen LogP contribution in [-0.2, 0) is 9.47 Å². The molecule has 0 bridgehead atoms. The summed E-state index contributed by atoms with van der Waals surface area (Å²) >= 11 is 3.34. The van der Waals surface area contributed by atoms with Gasteiger partial charge in [0.2, 0.25) is 0 Å². The number of unbranched alkanes of at least 4 members (excludes halogenated alkanes) is 1. The molecule has 0 aliphatic heterocycles. The summed E-state index contributed by atoms with van der Waals surface area (Å²) in [6.07, 6.45) is 2.17. The minimum Gasteiger partial charge on any atom is -0.465 e. The monoisotopic (exact) mass is 443 g/mol. The second-order valence-corrected chi connectivity index (χ2v) is 8.29. The lowest BCUT2D eigenvalue weighted by molar-refractivity contribution is 0.0525. The van der Waals surface area contributed by atoms with Crippen molar-refractivity contribution in [2.75, 3.05) is 24.7 Å². The number of nitrogens with one attached hydrogen (secondary N) is 2. The Morgan fingerprint density at radius 1 is 1.26 bits per heavy atom.